The van der Waals surface area contributed by atoms with Gasteiger partial charge in [0, 0.05) is 43.4 Å². The van der Waals surface area contributed by atoms with E-state index >= 15 is 0 Å². The minimum atomic E-state index is 0.890. The van der Waals surface area contributed by atoms with Gasteiger partial charge in [-0.05, 0) is 191 Å². The Labute approximate surface area is 568 Å². The molecule has 0 atom stereocenters. The molecule has 99 heavy (non-hydrogen) atoms. The summed E-state index contributed by atoms with van der Waals surface area (Å²) in [6, 6.07) is 123. The van der Waals surface area contributed by atoms with Crippen molar-refractivity contribution in [3.8, 4) is 89.0 Å². The predicted molar refractivity (Wildman–Crippen MR) is 417 cm³/mol. The number of para-hydroxylation sites is 3. The number of hydrogen-bond donors (Lipinski definition) is 0. The number of fused-ring (bicyclic) bond motifs is 17. The Bertz CT molecular complexity index is 6830. The van der Waals surface area contributed by atoms with Gasteiger partial charge in [0.2, 0.25) is 0 Å². The molecule has 0 unspecified atom stereocenters. The van der Waals surface area contributed by atoms with Crippen LogP contribution in [0.4, 0.5) is 0 Å². The number of hydrogen-bond acceptors (Lipinski definition) is 3. The van der Waals surface area contributed by atoms with Crippen molar-refractivity contribution in [2.75, 3.05) is 0 Å². The van der Waals surface area contributed by atoms with E-state index in [-0.39, 0.29) is 0 Å². The molecule has 0 saturated heterocycles. The summed E-state index contributed by atoms with van der Waals surface area (Å²) in [5.74, 6) is 0. The van der Waals surface area contributed by atoms with Crippen LogP contribution < -0.4 is 0 Å². The highest BCUT2D eigenvalue weighted by molar-refractivity contribution is 6.31. The lowest BCUT2D eigenvalue weighted by Crippen LogP contribution is -1.93. The molecule has 0 aliphatic heterocycles. The first-order valence-corrected chi connectivity index (χ1v) is 34.0. The molecular weight excluding hydrogens is 1200 g/mol. The van der Waals surface area contributed by atoms with Crippen LogP contribution in [0.1, 0.15) is 0 Å². The molecule has 3 aromatic heterocycles. The van der Waals surface area contributed by atoms with E-state index in [1.807, 2.05) is 12.1 Å². The first-order chi connectivity index (χ1) is 49.1. The molecule has 3 heteroatoms. The Balaban J connectivity index is 0.000000130. The molecule has 0 amide bonds. The average Bonchev–Trinajstić information content (AvgIpc) is 1.70. The third kappa shape index (κ3) is 8.32. The van der Waals surface area contributed by atoms with Crippen molar-refractivity contribution in [2.24, 2.45) is 0 Å². The van der Waals surface area contributed by atoms with Gasteiger partial charge in [0.05, 0.1) is 0 Å². The van der Waals surface area contributed by atoms with Crippen LogP contribution in [0.25, 0.3) is 219 Å². The van der Waals surface area contributed by atoms with Crippen LogP contribution in [0.2, 0.25) is 0 Å². The Hall–Kier alpha value is -13.1. The number of benzene rings is 18. The predicted octanol–water partition coefficient (Wildman–Crippen LogP) is 27.6. The Morgan fingerprint density at radius 3 is 1.09 bits per heavy atom. The summed E-state index contributed by atoms with van der Waals surface area (Å²) in [6.45, 7) is 0. The van der Waals surface area contributed by atoms with E-state index in [1.165, 1.54) is 126 Å². The second-order valence-corrected chi connectivity index (χ2v) is 26.3. The van der Waals surface area contributed by atoms with Crippen molar-refractivity contribution in [3.05, 3.63) is 340 Å². The maximum Gasteiger partial charge on any atom is 0.143 e. The summed E-state index contributed by atoms with van der Waals surface area (Å²) in [5.41, 5.74) is 24.9. The van der Waals surface area contributed by atoms with Gasteiger partial charge >= 0.3 is 0 Å². The smallest absolute Gasteiger partial charge is 0.143 e. The van der Waals surface area contributed by atoms with E-state index in [9.17, 15) is 0 Å². The third-order valence-corrected chi connectivity index (χ3v) is 21.1. The van der Waals surface area contributed by atoms with Crippen LogP contribution in [0.15, 0.2) is 353 Å². The van der Waals surface area contributed by atoms with Crippen LogP contribution >= 0.6 is 0 Å². The van der Waals surface area contributed by atoms with Crippen LogP contribution in [-0.2, 0) is 0 Å². The molecule has 21 aromatic rings. The van der Waals surface area contributed by atoms with E-state index in [2.05, 4.69) is 328 Å². The summed E-state index contributed by atoms with van der Waals surface area (Å²) in [4.78, 5) is 0. The standard InChI is InChI=1S/C48H28O2.C48H28O/c1-2-12-30-27-31(22-21-29(30)11-1)33-25-26-41(47-40-18-8-10-20-43(40)50-48(33)47)46-38-16-5-3-14-36(38)45(37-15-4-6-17-39(37)46)32-23-24-35-34-13-7-9-19-42(34)49-44(35)28-32;1-2-13-29(14-3-1)30-25-28-42(47-41-21-10-11-24-43(41)49-48(30)47)46-36-19-8-6-17-34(36)45(35-18-7-9-20-37(35)46)40-27-26-39-32-16-5-4-15-31(32)33-22-12-23-38(40)44(33)39/h1-28H;1-28H. The van der Waals surface area contributed by atoms with Crippen molar-refractivity contribution in [1.29, 1.82) is 0 Å². The quantitative estimate of drug-likeness (QED) is 0.156. The molecule has 0 fully saturated rings. The number of furan rings is 3. The molecule has 0 N–H and O–H groups in total. The molecule has 18 aromatic carbocycles. The van der Waals surface area contributed by atoms with Crippen molar-refractivity contribution >= 4 is 130 Å². The third-order valence-electron chi connectivity index (χ3n) is 21.1. The topological polar surface area (TPSA) is 39.4 Å². The second kappa shape index (κ2) is 21.7. The molecule has 0 spiro atoms. The molecule has 1 aliphatic carbocycles. The van der Waals surface area contributed by atoms with E-state index < -0.39 is 0 Å². The van der Waals surface area contributed by atoms with E-state index in [0.717, 1.165) is 93.6 Å². The zero-order valence-corrected chi connectivity index (χ0v) is 53.6. The van der Waals surface area contributed by atoms with E-state index in [1.54, 1.807) is 0 Å². The van der Waals surface area contributed by atoms with Crippen LogP contribution in [-0.4, -0.2) is 0 Å². The first kappa shape index (κ1) is 55.2. The van der Waals surface area contributed by atoms with Gasteiger partial charge in [0.1, 0.15) is 33.5 Å². The van der Waals surface area contributed by atoms with E-state index in [0.29, 0.717) is 0 Å². The lowest BCUT2D eigenvalue weighted by molar-refractivity contribution is 0.669. The maximum atomic E-state index is 6.78. The zero-order valence-electron chi connectivity index (χ0n) is 53.6. The molecular formula is C96H56O3. The van der Waals surface area contributed by atoms with Gasteiger partial charge < -0.3 is 13.3 Å². The van der Waals surface area contributed by atoms with Gasteiger partial charge in [-0.2, -0.15) is 0 Å². The van der Waals surface area contributed by atoms with Gasteiger partial charge in [-0.1, -0.05) is 291 Å². The minimum absolute atomic E-state index is 0.890. The maximum absolute atomic E-state index is 6.78. The van der Waals surface area contributed by atoms with Crippen LogP contribution in [0.3, 0.4) is 0 Å². The molecule has 458 valence electrons. The molecule has 1 aliphatic rings. The molecule has 0 radical (unpaired) electrons. The summed E-state index contributed by atoms with van der Waals surface area (Å²) in [6.07, 6.45) is 0. The highest BCUT2D eigenvalue weighted by atomic mass is 16.3. The van der Waals surface area contributed by atoms with Gasteiger partial charge in [-0.15, -0.1) is 0 Å². The fraction of sp³-hybridized carbons (Fsp3) is 0. The summed E-state index contributed by atoms with van der Waals surface area (Å²) in [5, 5.41) is 21.7. The van der Waals surface area contributed by atoms with Crippen molar-refractivity contribution in [3.63, 3.8) is 0 Å². The number of rotatable bonds is 6. The van der Waals surface area contributed by atoms with Gasteiger partial charge in [-0.25, -0.2) is 0 Å². The largest absolute Gasteiger partial charge is 0.456 e. The molecule has 3 heterocycles. The summed E-state index contributed by atoms with van der Waals surface area (Å²) >= 11 is 0. The molecule has 0 bridgehead atoms. The highest BCUT2D eigenvalue weighted by Gasteiger charge is 2.28. The minimum Gasteiger partial charge on any atom is -0.456 e. The fourth-order valence-electron chi connectivity index (χ4n) is 16.8. The van der Waals surface area contributed by atoms with Crippen molar-refractivity contribution < 1.29 is 13.3 Å². The zero-order chi connectivity index (χ0) is 64.8. The summed E-state index contributed by atoms with van der Waals surface area (Å²) < 4.78 is 19.9. The molecule has 22 rings (SSSR count). The van der Waals surface area contributed by atoms with Gasteiger partial charge in [0.25, 0.3) is 0 Å². The molecule has 3 nitrogen and oxygen atoms in total. The van der Waals surface area contributed by atoms with Crippen LogP contribution in [0, 0.1) is 0 Å². The summed E-state index contributed by atoms with van der Waals surface area (Å²) in [7, 11) is 0. The van der Waals surface area contributed by atoms with Crippen molar-refractivity contribution in [1.82, 2.24) is 0 Å². The molecule has 0 saturated carbocycles. The normalized spacial score (nSPS) is 12.0. The van der Waals surface area contributed by atoms with Gasteiger partial charge in [0.15, 0.2) is 0 Å². The lowest BCUT2D eigenvalue weighted by Gasteiger charge is -2.20. The van der Waals surface area contributed by atoms with Crippen molar-refractivity contribution in [2.45, 2.75) is 0 Å². The van der Waals surface area contributed by atoms with E-state index in [4.69, 9.17) is 13.3 Å². The first-order valence-electron chi connectivity index (χ1n) is 34.0. The van der Waals surface area contributed by atoms with Gasteiger partial charge in [-0.3, -0.25) is 0 Å². The highest BCUT2D eigenvalue weighted by Crippen LogP contribution is 2.55. The Kier molecular flexibility index (Phi) is 12.1. The monoisotopic (exact) mass is 1260 g/mol. The fourth-order valence-corrected chi connectivity index (χ4v) is 16.8. The average molecular weight is 1260 g/mol. The lowest BCUT2D eigenvalue weighted by atomic mass is 9.83. The SMILES string of the molecule is c1ccc(-c2ccc(-c3c4ccccc4c(-c4ccc5c6c(cccc46)-c4ccccc4-5)c4ccccc34)c3c2oc2ccccc23)cc1.c1ccc2cc(-c3ccc(-c4c5ccccc5c(-c5ccc6c(c5)oc5ccccc56)c5ccccc45)c4c3oc3ccccc34)ccc2c1. The Morgan fingerprint density at radius 1 is 0.152 bits per heavy atom. The second-order valence-electron chi connectivity index (χ2n) is 26.3. The Morgan fingerprint density at radius 2 is 0.525 bits per heavy atom. The van der Waals surface area contributed by atoms with Crippen LogP contribution in [0.5, 0.6) is 0 Å².